The Morgan fingerprint density at radius 1 is 1.41 bits per heavy atom. The van der Waals surface area contributed by atoms with Crippen LogP contribution in [0.2, 0.25) is 0 Å². The van der Waals surface area contributed by atoms with E-state index in [1.165, 1.54) is 0 Å². The Kier molecular flexibility index (Phi) is 3.73. The zero-order chi connectivity index (χ0) is 12.4. The Bertz CT molecular complexity index is 447. The molecule has 0 aliphatic carbocycles. The van der Waals surface area contributed by atoms with Crippen LogP contribution in [0.25, 0.3) is 0 Å². The van der Waals surface area contributed by atoms with Gasteiger partial charge >= 0.3 is 0 Å². The summed E-state index contributed by atoms with van der Waals surface area (Å²) in [6.07, 6.45) is 1.63. The monoisotopic (exact) mass is 304 g/mol. The Labute approximate surface area is 106 Å². The first-order valence-corrected chi connectivity index (χ1v) is 6.06. The van der Waals surface area contributed by atoms with Gasteiger partial charge in [0.1, 0.15) is 11.6 Å². The van der Waals surface area contributed by atoms with E-state index in [0.29, 0.717) is 6.42 Å². The minimum atomic E-state index is -0.662. The van der Waals surface area contributed by atoms with Crippen LogP contribution in [-0.4, -0.2) is 18.5 Å². The van der Waals surface area contributed by atoms with Crippen molar-refractivity contribution >= 4 is 27.5 Å². The van der Waals surface area contributed by atoms with Gasteiger partial charge in [0.25, 0.3) is 0 Å². The predicted octanol–water partition coefficient (Wildman–Crippen LogP) is 2.42. The fraction of sp³-hybridized carbons (Fsp3) is 0.364. The molecule has 1 fully saturated rings. The van der Waals surface area contributed by atoms with E-state index in [4.69, 9.17) is 0 Å². The maximum absolute atomic E-state index is 13.4. The van der Waals surface area contributed by atoms with Crippen LogP contribution in [-0.2, 0) is 4.79 Å². The van der Waals surface area contributed by atoms with E-state index in [1.54, 1.807) is 0 Å². The zero-order valence-electron chi connectivity index (χ0n) is 8.90. The van der Waals surface area contributed by atoms with Gasteiger partial charge in [0, 0.05) is 6.07 Å². The first-order chi connectivity index (χ1) is 8.08. The third kappa shape index (κ3) is 2.81. The second-order valence-electron chi connectivity index (χ2n) is 3.88. The average Bonchev–Trinajstić information content (AvgIpc) is 2.79. The maximum atomic E-state index is 13.4. The van der Waals surface area contributed by atoms with Gasteiger partial charge in [-0.3, -0.25) is 4.79 Å². The standard InChI is InChI=1S/C11H11BrF2N2O/c12-6-4-8(14)10(5-7(6)13)16-11(17)9-2-1-3-15-9/h4-5,9,15H,1-3H2,(H,16,17). The highest BCUT2D eigenvalue weighted by Gasteiger charge is 2.23. The van der Waals surface area contributed by atoms with Crippen LogP contribution in [0.15, 0.2) is 16.6 Å². The van der Waals surface area contributed by atoms with Crippen molar-refractivity contribution in [3.05, 3.63) is 28.2 Å². The molecule has 2 N–H and O–H groups in total. The minimum absolute atomic E-state index is 0.0343. The molecule has 92 valence electrons. The Morgan fingerprint density at radius 3 is 2.82 bits per heavy atom. The lowest BCUT2D eigenvalue weighted by atomic mass is 10.2. The van der Waals surface area contributed by atoms with Gasteiger partial charge in [0.2, 0.25) is 5.91 Å². The molecule has 3 nitrogen and oxygen atoms in total. The number of hydrogen-bond donors (Lipinski definition) is 2. The SMILES string of the molecule is O=C(Nc1cc(F)c(Br)cc1F)C1CCCN1. The van der Waals surface area contributed by atoms with E-state index < -0.39 is 11.6 Å². The van der Waals surface area contributed by atoms with Gasteiger partial charge in [-0.15, -0.1) is 0 Å². The number of halogens is 3. The predicted molar refractivity (Wildman–Crippen MR) is 63.7 cm³/mol. The molecule has 1 amide bonds. The molecule has 1 heterocycles. The lowest BCUT2D eigenvalue weighted by molar-refractivity contribution is -0.117. The summed E-state index contributed by atoms with van der Waals surface area (Å²) in [6.45, 7) is 0.773. The first kappa shape index (κ1) is 12.4. The van der Waals surface area contributed by atoms with E-state index >= 15 is 0 Å². The third-order valence-corrected chi connectivity index (χ3v) is 3.25. The van der Waals surface area contributed by atoms with Crippen molar-refractivity contribution in [2.24, 2.45) is 0 Å². The molecule has 1 aromatic carbocycles. The maximum Gasteiger partial charge on any atom is 0.241 e. The molecular formula is C11H11BrF2N2O. The molecule has 1 unspecified atom stereocenters. The molecular weight excluding hydrogens is 294 g/mol. The molecule has 17 heavy (non-hydrogen) atoms. The van der Waals surface area contributed by atoms with Crippen LogP contribution in [0.4, 0.5) is 14.5 Å². The molecule has 0 spiro atoms. The number of nitrogens with one attached hydrogen (secondary N) is 2. The highest BCUT2D eigenvalue weighted by Crippen LogP contribution is 2.23. The average molecular weight is 305 g/mol. The summed E-state index contributed by atoms with van der Waals surface area (Å²) in [5.41, 5.74) is -0.135. The van der Waals surface area contributed by atoms with Crippen molar-refractivity contribution in [1.82, 2.24) is 5.32 Å². The van der Waals surface area contributed by atoms with Crippen molar-refractivity contribution in [1.29, 1.82) is 0 Å². The molecule has 0 bridgehead atoms. The molecule has 0 saturated carbocycles. The number of benzene rings is 1. The van der Waals surface area contributed by atoms with E-state index in [9.17, 15) is 13.6 Å². The van der Waals surface area contributed by atoms with Crippen molar-refractivity contribution in [2.45, 2.75) is 18.9 Å². The molecule has 2 rings (SSSR count). The summed E-state index contributed by atoms with van der Waals surface area (Å²) in [7, 11) is 0. The summed E-state index contributed by atoms with van der Waals surface area (Å²) in [4.78, 5) is 11.7. The highest BCUT2D eigenvalue weighted by molar-refractivity contribution is 9.10. The Balaban J connectivity index is 2.12. The lowest BCUT2D eigenvalue weighted by Gasteiger charge is -2.12. The lowest BCUT2D eigenvalue weighted by Crippen LogP contribution is -2.35. The van der Waals surface area contributed by atoms with Crippen molar-refractivity contribution in [3.63, 3.8) is 0 Å². The van der Waals surface area contributed by atoms with Gasteiger partial charge in [-0.05, 0) is 41.4 Å². The summed E-state index contributed by atoms with van der Waals surface area (Å²) >= 11 is 2.87. The number of hydrogen-bond acceptors (Lipinski definition) is 2. The number of anilines is 1. The number of carbonyl (C=O) groups is 1. The first-order valence-electron chi connectivity index (χ1n) is 5.26. The highest BCUT2D eigenvalue weighted by atomic mass is 79.9. The molecule has 6 heteroatoms. The number of amides is 1. The smallest absolute Gasteiger partial charge is 0.241 e. The van der Waals surface area contributed by atoms with E-state index in [-0.39, 0.29) is 22.1 Å². The molecule has 1 aromatic rings. The second kappa shape index (κ2) is 5.10. The van der Waals surface area contributed by atoms with Gasteiger partial charge in [-0.2, -0.15) is 0 Å². The van der Waals surface area contributed by atoms with Gasteiger partial charge < -0.3 is 10.6 Å². The molecule has 1 aliphatic heterocycles. The Hall–Kier alpha value is -1.01. The fourth-order valence-corrected chi connectivity index (χ4v) is 2.06. The van der Waals surface area contributed by atoms with Crippen molar-refractivity contribution in [2.75, 3.05) is 11.9 Å². The largest absolute Gasteiger partial charge is 0.322 e. The molecule has 0 radical (unpaired) electrons. The van der Waals surface area contributed by atoms with E-state index in [1.807, 2.05) is 0 Å². The van der Waals surface area contributed by atoms with Crippen LogP contribution < -0.4 is 10.6 Å². The topological polar surface area (TPSA) is 41.1 Å². The summed E-state index contributed by atoms with van der Waals surface area (Å²) in [6, 6.07) is 1.64. The molecule has 1 aliphatic rings. The van der Waals surface area contributed by atoms with Crippen LogP contribution >= 0.6 is 15.9 Å². The van der Waals surface area contributed by atoms with Gasteiger partial charge in [-0.1, -0.05) is 0 Å². The second-order valence-corrected chi connectivity index (χ2v) is 4.74. The number of rotatable bonds is 2. The Morgan fingerprint density at radius 2 is 2.18 bits per heavy atom. The quantitative estimate of drug-likeness (QED) is 0.824. The van der Waals surface area contributed by atoms with E-state index in [2.05, 4.69) is 26.6 Å². The molecule has 1 saturated heterocycles. The van der Waals surface area contributed by atoms with E-state index in [0.717, 1.165) is 25.1 Å². The van der Waals surface area contributed by atoms with Gasteiger partial charge in [0.05, 0.1) is 16.2 Å². The minimum Gasteiger partial charge on any atom is -0.322 e. The van der Waals surface area contributed by atoms with Crippen LogP contribution in [0.1, 0.15) is 12.8 Å². The summed E-state index contributed by atoms with van der Waals surface area (Å²) < 4.78 is 26.7. The molecule has 0 aromatic heterocycles. The third-order valence-electron chi connectivity index (χ3n) is 2.64. The van der Waals surface area contributed by atoms with Crippen LogP contribution in [0, 0.1) is 11.6 Å². The van der Waals surface area contributed by atoms with Gasteiger partial charge in [0.15, 0.2) is 0 Å². The number of carbonyl (C=O) groups excluding carboxylic acids is 1. The van der Waals surface area contributed by atoms with Gasteiger partial charge in [-0.25, -0.2) is 8.78 Å². The van der Waals surface area contributed by atoms with Crippen molar-refractivity contribution < 1.29 is 13.6 Å². The van der Waals surface area contributed by atoms with Crippen LogP contribution in [0.5, 0.6) is 0 Å². The molecule has 1 atom stereocenters. The zero-order valence-corrected chi connectivity index (χ0v) is 10.5. The summed E-state index contributed by atoms with van der Waals surface area (Å²) in [5.74, 6) is -1.60. The van der Waals surface area contributed by atoms with Crippen LogP contribution in [0.3, 0.4) is 0 Å². The normalized spacial score (nSPS) is 19.4. The summed E-state index contributed by atoms with van der Waals surface area (Å²) in [5, 5.41) is 5.37. The fourth-order valence-electron chi connectivity index (χ4n) is 1.75. The van der Waals surface area contributed by atoms with Crippen molar-refractivity contribution in [3.8, 4) is 0 Å².